The number of carbonyl (C=O) groups excluding carboxylic acids is 2. The van der Waals surface area contributed by atoms with Crippen LogP contribution >= 0.6 is 11.3 Å². The van der Waals surface area contributed by atoms with Crippen LogP contribution in [0.5, 0.6) is 0 Å². The van der Waals surface area contributed by atoms with E-state index in [1.807, 2.05) is 12.1 Å². The second kappa shape index (κ2) is 5.05. The molecule has 3 rings (SSSR count). The molecule has 0 spiro atoms. The summed E-state index contributed by atoms with van der Waals surface area (Å²) in [6, 6.07) is 3.66. The third-order valence-corrected chi connectivity index (χ3v) is 4.01. The molecule has 0 amide bonds. The van der Waals surface area contributed by atoms with Gasteiger partial charge in [-0.2, -0.15) is 0 Å². The molecule has 0 aromatic carbocycles. The van der Waals surface area contributed by atoms with E-state index in [1.165, 1.54) is 11.3 Å². The molecule has 0 bridgehead atoms. The standard InChI is InChI=1S/C14H11N3O2S/c1-8-17-12-13(19)10(6-11(18)14(12)20-8)16-7-9-2-4-15-5-3-9/h2-5H,6-7H2,1H3. The van der Waals surface area contributed by atoms with Crippen molar-refractivity contribution in [2.75, 3.05) is 0 Å². The molecule has 0 unspecified atom stereocenters. The Kier molecular flexibility index (Phi) is 3.23. The van der Waals surface area contributed by atoms with Crippen molar-refractivity contribution in [2.45, 2.75) is 19.9 Å². The van der Waals surface area contributed by atoms with Crippen LogP contribution in [0.3, 0.4) is 0 Å². The van der Waals surface area contributed by atoms with E-state index in [4.69, 9.17) is 0 Å². The first-order valence-corrected chi connectivity index (χ1v) is 6.94. The Labute approximate surface area is 119 Å². The number of rotatable bonds is 2. The molecule has 0 N–H and O–H groups in total. The Bertz CT molecular complexity index is 719. The van der Waals surface area contributed by atoms with Crippen LogP contribution in [0.1, 0.15) is 37.2 Å². The SMILES string of the molecule is Cc1nc2c(s1)C(=O)CC(=NCc1ccncc1)C2=O. The summed E-state index contributed by atoms with van der Waals surface area (Å²) in [7, 11) is 0. The Balaban J connectivity index is 1.89. The Morgan fingerprint density at radius 2 is 2.05 bits per heavy atom. The molecule has 1 aliphatic rings. The van der Waals surface area contributed by atoms with Crippen LogP contribution in [0.15, 0.2) is 29.5 Å². The van der Waals surface area contributed by atoms with Crippen LogP contribution in [0.25, 0.3) is 0 Å². The fourth-order valence-corrected chi connectivity index (χ4v) is 2.88. The average molecular weight is 285 g/mol. The van der Waals surface area contributed by atoms with E-state index in [9.17, 15) is 9.59 Å². The van der Waals surface area contributed by atoms with Crippen LogP contribution in [0.2, 0.25) is 0 Å². The van der Waals surface area contributed by atoms with Crippen molar-refractivity contribution < 1.29 is 9.59 Å². The minimum atomic E-state index is -0.224. The van der Waals surface area contributed by atoms with Gasteiger partial charge in [-0.1, -0.05) is 0 Å². The van der Waals surface area contributed by atoms with Gasteiger partial charge in [-0.05, 0) is 24.6 Å². The van der Waals surface area contributed by atoms with Crippen molar-refractivity contribution in [3.05, 3.63) is 45.7 Å². The van der Waals surface area contributed by atoms with Gasteiger partial charge in [0.2, 0.25) is 5.78 Å². The zero-order valence-electron chi connectivity index (χ0n) is 10.8. The number of thiazole rings is 1. The fourth-order valence-electron chi connectivity index (χ4n) is 2.02. The van der Waals surface area contributed by atoms with Gasteiger partial charge in [-0.15, -0.1) is 11.3 Å². The number of aliphatic imine (C=N–C) groups is 1. The van der Waals surface area contributed by atoms with Crippen LogP contribution in [-0.4, -0.2) is 27.2 Å². The van der Waals surface area contributed by atoms with Crippen molar-refractivity contribution in [3.8, 4) is 0 Å². The average Bonchev–Trinajstić information content (AvgIpc) is 2.85. The van der Waals surface area contributed by atoms with Crippen molar-refractivity contribution in [2.24, 2.45) is 4.99 Å². The van der Waals surface area contributed by atoms with E-state index in [2.05, 4.69) is 15.0 Å². The van der Waals surface area contributed by atoms with Gasteiger partial charge in [0.05, 0.1) is 23.7 Å². The van der Waals surface area contributed by atoms with Gasteiger partial charge in [-0.25, -0.2) is 4.98 Å². The summed E-state index contributed by atoms with van der Waals surface area (Å²) in [6.07, 6.45) is 3.41. The van der Waals surface area contributed by atoms with Gasteiger partial charge in [-0.3, -0.25) is 19.6 Å². The second-order valence-electron chi connectivity index (χ2n) is 4.46. The molecule has 0 fully saturated rings. The molecule has 0 saturated carbocycles. The zero-order chi connectivity index (χ0) is 14.1. The van der Waals surface area contributed by atoms with Crippen molar-refractivity contribution in [3.63, 3.8) is 0 Å². The number of aromatic nitrogens is 2. The minimum absolute atomic E-state index is 0.0680. The van der Waals surface area contributed by atoms with Gasteiger partial charge < -0.3 is 0 Å². The molecule has 20 heavy (non-hydrogen) atoms. The lowest BCUT2D eigenvalue weighted by molar-refractivity contribution is 0.0966. The van der Waals surface area contributed by atoms with Crippen molar-refractivity contribution in [1.82, 2.24) is 9.97 Å². The fraction of sp³-hybridized carbons (Fsp3) is 0.214. The number of fused-ring (bicyclic) bond motifs is 1. The number of hydrogen-bond acceptors (Lipinski definition) is 6. The van der Waals surface area contributed by atoms with E-state index in [-0.39, 0.29) is 23.7 Å². The molecule has 0 aliphatic heterocycles. The smallest absolute Gasteiger partial charge is 0.227 e. The molecule has 5 nitrogen and oxygen atoms in total. The van der Waals surface area contributed by atoms with E-state index in [0.29, 0.717) is 17.1 Å². The summed E-state index contributed by atoms with van der Waals surface area (Å²) in [6.45, 7) is 2.16. The number of ketones is 2. The molecule has 6 heteroatoms. The molecule has 1 aliphatic carbocycles. The maximum Gasteiger partial charge on any atom is 0.227 e. The molecular formula is C14H11N3O2S. The van der Waals surface area contributed by atoms with Gasteiger partial charge in [0.25, 0.3) is 0 Å². The molecule has 2 aromatic rings. The Hall–Kier alpha value is -2.21. The lowest BCUT2D eigenvalue weighted by atomic mass is 9.98. The predicted octanol–water partition coefficient (Wildman–Crippen LogP) is 2.26. The molecular weight excluding hydrogens is 274 g/mol. The third-order valence-electron chi connectivity index (χ3n) is 2.99. The summed E-state index contributed by atoms with van der Waals surface area (Å²) in [5.74, 6) is -0.295. The maximum absolute atomic E-state index is 12.2. The normalized spacial score (nSPS) is 16.6. The van der Waals surface area contributed by atoms with Gasteiger partial charge in [0.15, 0.2) is 5.78 Å². The molecule has 0 atom stereocenters. The van der Waals surface area contributed by atoms with E-state index in [0.717, 1.165) is 10.6 Å². The number of carbonyl (C=O) groups is 2. The van der Waals surface area contributed by atoms with Crippen LogP contribution in [-0.2, 0) is 6.54 Å². The van der Waals surface area contributed by atoms with Gasteiger partial charge >= 0.3 is 0 Å². The number of hydrogen-bond donors (Lipinski definition) is 0. The van der Waals surface area contributed by atoms with E-state index in [1.54, 1.807) is 19.3 Å². The van der Waals surface area contributed by atoms with E-state index >= 15 is 0 Å². The maximum atomic E-state index is 12.2. The minimum Gasteiger partial charge on any atom is -0.293 e. The summed E-state index contributed by atoms with van der Waals surface area (Å²) in [5.41, 5.74) is 1.51. The number of nitrogens with zero attached hydrogens (tertiary/aromatic N) is 3. The van der Waals surface area contributed by atoms with Crippen LogP contribution in [0, 0.1) is 6.92 Å². The first-order chi connectivity index (χ1) is 9.65. The number of aryl methyl sites for hydroxylation is 1. The van der Waals surface area contributed by atoms with Gasteiger partial charge in [0.1, 0.15) is 10.6 Å². The third kappa shape index (κ3) is 2.30. The van der Waals surface area contributed by atoms with Gasteiger partial charge in [0, 0.05) is 12.4 Å². The number of pyridine rings is 1. The van der Waals surface area contributed by atoms with E-state index < -0.39 is 0 Å². The number of Topliss-reactive ketones (excluding diaryl/α,β-unsaturated/α-hetero) is 2. The second-order valence-corrected chi connectivity index (χ2v) is 5.66. The predicted molar refractivity (Wildman–Crippen MR) is 75.5 cm³/mol. The molecule has 100 valence electrons. The Morgan fingerprint density at radius 1 is 1.30 bits per heavy atom. The largest absolute Gasteiger partial charge is 0.293 e. The zero-order valence-corrected chi connectivity index (χ0v) is 11.6. The molecule has 2 heterocycles. The molecule has 2 aromatic heterocycles. The van der Waals surface area contributed by atoms with Crippen molar-refractivity contribution in [1.29, 1.82) is 0 Å². The summed E-state index contributed by atoms with van der Waals surface area (Å²) in [4.78, 5) is 37.0. The highest BCUT2D eigenvalue weighted by molar-refractivity contribution is 7.14. The lowest BCUT2D eigenvalue weighted by Crippen LogP contribution is -2.26. The highest BCUT2D eigenvalue weighted by Crippen LogP contribution is 2.25. The first kappa shape index (κ1) is 12.8. The topological polar surface area (TPSA) is 72.3 Å². The monoisotopic (exact) mass is 285 g/mol. The molecule has 0 saturated heterocycles. The summed E-state index contributed by atoms with van der Waals surface area (Å²) in [5, 5.41) is 0.729. The highest BCUT2D eigenvalue weighted by Gasteiger charge is 2.32. The molecule has 0 radical (unpaired) electrons. The summed E-state index contributed by atoms with van der Waals surface area (Å²) >= 11 is 1.27. The highest BCUT2D eigenvalue weighted by atomic mass is 32.1. The van der Waals surface area contributed by atoms with Crippen LogP contribution < -0.4 is 0 Å². The summed E-state index contributed by atoms with van der Waals surface area (Å²) < 4.78 is 0. The quantitative estimate of drug-likeness (QED) is 0.848. The van der Waals surface area contributed by atoms with Crippen LogP contribution in [0.4, 0.5) is 0 Å². The first-order valence-electron chi connectivity index (χ1n) is 6.12. The lowest BCUT2D eigenvalue weighted by Gasteiger charge is -2.10. The Morgan fingerprint density at radius 3 is 2.80 bits per heavy atom. The van der Waals surface area contributed by atoms with Crippen molar-refractivity contribution >= 4 is 28.6 Å².